The first-order valence-electron chi connectivity index (χ1n) is 7.33. The van der Waals surface area contributed by atoms with Gasteiger partial charge in [-0.2, -0.15) is 0 Å². The van der Waals surface area contributed by atoms with Crippen LogP contribution in [-0.4, -0.2) is 6.03 Å². The first-order valence-corrected chi connectivity index (χ1v) is 7.33. The number of nitrogens with one attached hydrogen (secondary N) is 2. The summed E-state index contributed by atoms with van der Waals surface area (Å²) in [4.78, 5) is 11.5. The lowest BCUT2D eigenvalue weighted by Gasteiger charge is -2.06. The Hall–Kier alpha value is -2.29. The Kier molecular flexibility index (Phi) is 15.8. The van der Waals surface area contributed by atoms with Crippen LogP contribution in [0.1, 0.15) is 34.6 Å². The average Bonchev–Trinajstić information content (AvgIpc) is 2.52. The predicted octanol–water partition coefficient (Wildman–Crippen LogP) is 5.51. The largest absolute Gasteiger partial charge is 0.323 e. The van der Waals surface area contributed by atoms with Crippen LogP contribution in [0.25, 0.3) is 0 Å². The number of anilines is 1. The fourth-order valence-corrected chi connectivity index (χ4v) is 1.15. The van der Waals surface area contributed by atoms with Crippen LogP contribution in [0, 0.1) is 0 Å². The Labute approximate surface area is 129 Å². The van der Waals surface area contributed by atoms with E-state index in [-0.39, 0.29) is 6.03 Å². The van der Waals surface area contributed by atoms with Gasteiger partial charge < -0.3 is 10.6 Å². The van der Waals surface area contributed by atoms with Crippen molar-refractivity contribution in [1.29, 1.82) is 0 Å². The smallest absolute Gasteiger partial charge is 0.308 e. The van der Waals surface area contributed by atoms with E-state index < -0.39 is 0 Å². The second-order valence-corrected chi connectivity index (χ2v) is 3.36. The number of hydrogen-bond acceptors (Lipinski definition) is 1. The molecule has 0 saturated heterocycles. The van der Waals surface area contributed by atoms with Crippen molar-refractivity contribution in [3.63, 3.8) is 0 Å². The van der Waals surface area contributed by atoms with Crippen molar-refractivity contribution in [2.75, 3.05) is 5.32 Å². The Morgan fingerprint density at radius 1 is 1.05 bits per heavy atom. The van der Waals surface area contributed by atoms with Crippen molar-refractivity contribution in [3.8, 4) is 0 Å². The molecule has 0 aliphatic heterocycles. The number of carbonyl (C=O) groups is 1. The molecule has 0 radical (unpaired) electrons. The van der Waals surface area contributed by atoms with Gasteiger partial charge in [0, 0.05) is 11.4 Å². The molecule has 3 heteroatoms. The highest BCUT2D eigenvalue weighted by atomic mass is 16.2. The minimum absolute atomic E-state index is 0.300. The summed E-state index contributed by atoms with van der Waals surface area (Å²) in [6.07, 6.45) is 7.30. The molecule has 0 bridgehead atoms. The second kappa shape index (κ2) is 15.8. The molecule has 0 saturated carbocycles. The van der Waals surface area contributed by atoms with E-state index in [1.54, 1.807) is 6.08 Å². The van der Waals surface area contributed by atoms with Crippen molar-refractivity contribution >= 4 is 11.7 Å². The standard InChI is InChI=1S/C14H16N2O.2C2H6/c1-3-4-6-9-12(2)15-14(17)16-13-10-7-5-8-11-13;2*1-2/h3-11H,2H2,1H3,(H2,15,16,17);2*1-2H3/b4-3-,9-6-;;. The maximum atomic E-state index is 11.5. The Bertz CT molecular complexity index is 434. The molecule has 1 rings (SSSR count). The molecule has 0 heterocycles. The van der Waals surface area contributed by atoms with Crippen molar-refractivity contribution in [2.24, 2.45) is 0 Å². The lowest BCUT2D eigenvalue weighted by molar-refractivity contribution is 0.254. The van der Waals surface area contributed by atoms with Gasteiger partial charge in [0.1, 0.15) is 0 Å². The number of urea groups is 1. The van der Waals surface area contributed by atoms with Gasteiger partial charge in [-0.3, -0.25) is 0 Å². The van der Waals surface area contributed by atoms with Crippen molar-refractivity contribution in [2.45, 2.75) is 34.6 Å². The van der Waals surface area contributed by atoms with Gasteiger partial charge in [0.05, 0.1) is 0 Å². The molecule has 0 aliphatic rings. The van der Waals surface area contributed by atoms with Crippen molar-refractivity contribution in [1.82, 2.24) is 5.32 Å². The van der Waals surface area contributed by atoms with E-state index in [1.807, 2.05) is 83.2 Å². The summed E-state index contributed by atoms with van der Waals surface area (Å²) in [7, 11) is 0. The molecule has 1 aromatic rings. The maximum absolute atomic E-state index is 11.5. The first kappa shape index (κ1) is 21.0. The van der Waals surface area contributed by atoms with Gasteiger partial charge in [-0.1, -0.05) is 70.7 Å². The third kappa shape index (κ3) is 12.5. The van der Waals surface area contributed by atoms with Crippen LogP contribution >= 0.6 is 0 Å². The maximum Gasteiger partial charge on any atom is 0.323 e. The number of rotatable bonds is 4. The van der Waals surface area contributed by atoms with Gasteiger partial charge in [-0.25, -0.2) is 4.79 Å². The van der Waals surface area contributed by atoms with E-state index in [0.29, 0.717) is 5.70 Å². The highest BCUT2D eigenvalue weighted by Gasteiger charge is 2.00. The van der Waals surface area contributed by atoms with Crippen LogP contribution in [-0.2, 0) is 0 Å². The summed E-state index contributed by atoms with van der Waals surface area (Å²) < 4.78 is 0. The van der Waals surface area contributed by atoms with E-state index in [2.05, 4.69) is 17.2 Å². The molecule has 0 spiro atoms. The summed E-state index contributed by atoms with van der Waals surface area (Å²) in [6, 6.07) is 8.94. The van der Waals surface area contributed by atoms with Gasteiger partial charge in [-0.05, 0) is 25.1 Å². The number of para-hydroxylation sites is 1. The van der Waals surface area contributed by atoms with E-state index in [4.69, 9.17) is 0 Å². The Balaban J connectivity index is 0. The van der Waals surface area contributed by atoms with Crippen molar-refractivity contribution < 1.29 is 4.79 Å². The monoisotopic (exact) mass is 288 g/mol. The quantitative estimate of drug-likeness (QED) is 0.705. The van der Waals surface area contributed by atoms with E-state index in [0.717, 1.165) is 5.69 Å². The second-order valence-electron chi connectivity index (χ2n) is 3.36. The van der Waals surface area contributed by atoms with Crippen LogP contribution in [0.5, 0.6) is 0 Å². The molecule has 0 atom stereocenters. The minimum Gasteiger partial charge on any atom is -0.308 e. The number of benzene rings is 1. The highest BCUT2D eigenvalue weighted by Crippen LogP contribution is 2.04. The molecule has 2 amide bonds. The van der Waals surface area contributed by atoms with Crippen molar-refractivity contribution in [3.05, 3.63) is 66.9 Å². The van der Waals surface area contributed by atoms with Gasteiger partial charge >= 0.3 is 6.03 Å². The highest BCUT2D eigenvalue weighted by molar-refractivity contribution is 5.90. The van der Waals surface area contributed by atoms with E-state index >= 15 is 0 Å². The Morgan fingerprint density at radius 2 is 1.62 bits per heavy atom. The Morgan fingerprint density at radius 3 is 2.14 bits per heavy atom. The van der Waals surface area contributed by atoms with Gasteiger partial charge in [0.25, 0.3) is 0 Å². The summed E-state index contributed by atoms with van der Waals surface area (Å²) in [5, 5.41) is 5.32. The number of amides is 2. The zero-order chi connectivity index (χ0) is 16.5. The molecule has 2 N–H and O–H groups in total. The van der Waals surface area contributed by atoms with Gasteiger partial charge in [0.2, 0.25) is 0 Å². The summed E-state index contributed by atoms with van der Waals surface area (Å²) >= 11 is 0. The lowest BCUT2D eigenvalue weighted by atomic mass is 10.3. The molecule has 1 aromatic carbocycles. The molecular weight excluding hydrogens is 260 g/mol. The van der Waals surface area contributed by atoms with Crippen LogP contribution in [0.4, 0.5) is 10.5 Å². The average molecular weight is 288 g/mol. The zero-order valence-electron chi connectivity index (χ0n) is 13.8. The predicted molar refractivity (Wildman–Crippen MR) is 94.4 cm³/mol. The lowest BCUT2D eigenvalue weighted by Crippen LogP contribution is -2.26. The van der Waals surface area contributed by atoms with Crippen LogP contribution in [0.2, 0.25) is 0 Å². The van der Waals surface area contributed by atoms with Crippen LogP contribution in [0.15, 0.2) is 66.9 Å². The minimum atomic E-state index is -0.300. The molecule has 0 fully saturated rings. The van der Waals surface area contributed by atoms with E-state index in [1.165, 1.54) is 0 Å². The molecule has 0 aliphatic carbocycles. The normalized spacial score (nSPS) is 9.19. The molecule has 116 valence electrons. The SMILES string of the molecule is C=C(/C=C\C=C/C)NC(=O)Nc1ccccc1.CC.CC. The molecule has 21 heavy (non-hydrogen) atoms. The summed E-state index contributed by atoms with van der Waals surface area (Å²) in [5.41, 5.74) is 1.28. The topological polar surface area (TPSA) is 41.1 Å². The molecule has 0 unspecified atom stereocenters. The third-order valence-electron chi connectivity index (χ3n) is 1.91. The molecule has 3 nitrogen and oxygen atoms in total. The van der Waals surface area contributed by atoms with Gasteiger partial charge in [0.15, 0.2) is 0 Å². The third-order valence-corrected chi connectivity index (χ3v) is 1.91. The fourth-order valence-electron chi connectivity index (χ4n) is 1.15. The van der Waals surface area contributed by atoms with Crippen LogP contribution < -0.4 is 10.6 Å². The number of hydrogen-bond donors (Lipinski definition) is 2. The fraction of sp³-hybridized carbons (Fsp3) is 0.278. The number of carbonyl (C=O) groups excluding carboxylic acids is 1. The summed E-state index contributed by atoms with van der Waals surface area (Å²) in [6.45, 7) is 13.6. The van der Waals surface area contributed by atoms with Crippen LogP contribution in [0.3, 0.4) is 0 Å². The van der Waals surface area contributed by atoms with E-state index in [9.17, 15) is 4.79 Å². The van der Waals surface area contributed by atoms with Gasteiger partial charge in [-0.15, -0.1) is 0 Å². The first-order chi connectivity index (χ1) is 10.2. The number of allylic oxidation sites excluding steroid dienone is 4. The molecule has 0 aromatic heterocycles. The molecular formula is C18H28N2O. The summed E-state index contributed by atoms with van der Waals surface area (Å²) in [5.74, 6) is 0. The zero-order valence-corrected chi connectivity index (χ0v) is 13.8.